The highest BCUT2D eigenvalue weighted by Gasteiger charge is 2.18. The molecule has 0 radical (unpaired) electrons. The van der Waals surface area contributed by atoms with Crippen LogP contribution in [0.5, 0.6) is 5.75 Å². The van der Waals surface area contributed by atoms with E-state index >= 15 is 0 Å². The summed E-state index contributed by atoms with van der Waals surface area (Å²) >= 11 is 6.12. The predicted octanol–water partition coefficient (Wildman–Crippen LogP) is 1.45. The Kier molecular flexibility index (Phi) is 3.40. The lowest BCUT2D eigenvalue weighted by atomic mass is 10.1. The summed E-state index contributed by atoms with van der Waals surface area (Å²) in [4.78, 5) is 0. The van der Waals surface area contributed by atoms with Gasteiger partial charge in [-0.1, -0.05) is 16.8 Å². The Morgan fingerprint density at radius 3 is 3.16 bits per heavy atom. The molecule has 0 spiro atoms. The average molecular weight is 280 g/mol. The number of aromatic nitrogens is 3. The third kappa shape index (κ3) is 2.57. The summed E-state index contributed by atoms with van der Waals surface area (Å²) in [6.45, 7) is 1.35. The van der Waals surface area contributed by atoms with Gasteiger partial charge in [0.2, 0.25) is 0 Å². The Labute approximate surface area is 115 Å². The molecule has 0 amide bonds. The number of nitrogens with zero attached hydrogens (tertiary/aromatic N) is 3. The second-order valence-corrected chi connectivity index (χ2v) is 4.97. The quantitative estimate of drug-likeness (QED) is 0.920. The first kappa shape index (κ1) is 12.4. The van der Waals surface area contributed by atoms with Crippen LogP contribution in [-0.4, -0.2) is 33.3 Å². The van der Waals surface area contributed by atoms with Gasteiger partial charge in [-0.05, 0) is 17.7 Å². The van der Waals surface area contributed by atoms with Crippen molar-refractivity contribution < 1.29 is 9.84 Å². The monoisotopic (exact) mass is 279 g/mol. The first-order valence-corrected chi connectivity index (χ1v) is 6.58. The van der Waals surface area contributed by atoms with Crippen molar-refractivity contribution >= 4 is 11.6 Å². The fraction of sp³-hybridized carbons (Fsp3) is 0.385. The van der Waals surface area contributed by atoms with E-state index in [1.54, 1.807) is 4.68 Å². The fourth-order valence-electron chi connectivity index (χ4n) is 2.28. The second-order valence-electron chi connectivity index (χ2n) is 4.53. The predicted molar refractivity (Wildman–Crippen MR) is 70.6 cm³/mol. The third-order valence-corrected chi connectivity index (χ3v) is 3.33. The van der Waals surface area contributed by atoms with Gasteiger partial charge in [-0.2, -0.15) is 0 Å². The number of aliphatic hydroxyl groups excluding tert-OH is 1. The van der Waals surface area contributed by atoms with Crippen LogP contribution < -0.4 is 4.74 Å². The first-order chi connectivity index (χ1) is 9.26. The molecule has 1 N–H and O–H groups in total. The van der Waals surface area contributed by atoms with E-state index in [9.17, 15) is 0 Å². The molecule has 1 aliphatic rings. The number of aliphatic hydroxyl groups is 1. The SMILES string of the molecule is OCCc1cn(Cc2cc(Cl)cc3c2OCC3)nn1. The summed E-state index contributed by atoms with van der Waals surface area (Å²) in [6.07, 6.45) is 3.25. The maximum atomic E-state index is 8.87. The minimum absolute atomic E-state index is 0.0777. The Hall–Kier alpha value is -1.59. The first-order valence-electron chi connectivity index (χ1n) is 6.20. The highest BCUT2D eigenvalue weighted by Crippen LogP contribution is 2.33. The van der Waals surface area contributed by atoms with E-state index < -0.39 is 0 Å². The van der Waals surface area contributed by atoms with E-state index in [0.717, 1.165) is 34.0 Å². The summed E-state index contributed by atoms with van der Waals surface area (Å²) in [5.74, 6) is 0.920. The van der Waals surface area contributed by atoms with Crippen LogP contribution in [-0.2, 0) is 19.4 Å². The molecule has 0 fully saturated rings. The van der Waals surface area contributed by atoms with Crippen LogP contribution in [0.2, 0.25) is 5.02 Å². The molecule has 2 aromatic rings. The minimum Gasteiger partial charge on any atom is -0.493 e. The normalized spacial score (nSPS) is 13.4. The molecule has 0 aliphatic carbocycles. The molecule has 6 heteroatoms. The van der Waals surface area contributed by atoms with Crippen molar-refractivity contribution in [3.05, 3.63) is 40.2 Å². The molecule has 0 unspecified atom stereocenters. The van der Waals surface area contributed by atoms with Gasteiger partial charge in [0.25, 0.3) is 0 Å². The van der Waals surface area contributed by atoms with E-state index in [4.69, 9.17) is 21.4 Å². The van der Waals surface area contributed by atoms with Crippen molar-refractivity contribution in [2.45, 2.75) is 19.4 Å². The largest absolute Gasteiger partial charge is 0.493 e. The van der Waals surface area contributed by atoms with Gasteiger partial charge in [0.15, 0.2) is 0 Å². The van der Waals surface area contributed by atoms with Gasteiger partial charge < -0.3 is 9.84 Å². The van der Waals surface area contributed by atoms with E-state index in [1.165, 1.54) is 0 Å². The maximum Gasteiger partial charge on any atom is 0.127 e. The molecule has 19 heavy (non-hydrogen) atoms. The maximum absolute atomic E-state index is 8.87. The molecule has 0 saturated heterocycles. The molecule has 0 bridgehead atoms. The van der Waals surface area contributed by atoms with E-state index in [1.807, 2.05) is 18.3 Å². The Balaban J connectivity index is 1.86. The molecule has 2 heterocycles. The van der Waals surface area contributed by atoms with Gasteiger partial charge in [-0.3, -0.25) is 0 Å². The van der Waals surface area contributed by atoms with Crippen molar-refractivity contribution in [2.24, 2.45) is 0 Å². The Morgan fingerprint density at radius 1 is 1.42 bits per heavy atom. The second kappa shape index (κ2) is 5.19. The lowest BCUT2D eigenvalue weighted by molar-refractivity contribution is 0.298. The molecule has 100 valence electrons. The molecular weight excluding hydrogens is 266 g/mol. The molecule has 0 saturated carbocycles. The van der Waals surface area contributed by atoms with Crippen molar-refractivity contribution in [3.8, 4) is 5.75 Å². The average Bonchev–Trinajstić information content (AvgIpc) is 2.98. The topological polar surface area (TPSA) is 60.2 Å². The van der Waals surface area contributed by atoms with Crippen LogP contribution in [0.25, 0.3) is 0 Å². The Bertz CT molecular complexity index is 598. The standard InChI is InChI=1S/C13H14ClN3O2/c14-11-5-9-2-4-19-13(9)10(6-11)7-17-8-12(1-3-18)15-16-17/h5-6,8,18H,1-4,7H2. The van der Waals surface area contributed by atoms with Crippen molar-refractivity contribution in [1.82, 2.24) is 15.0 Å². The zero-order chi connectivity index (χ0) is 13.2. The van der Waals surface area contributed by atoms with Crippen LogP contribution in [0.3, 0.4) is 0 Å². The van der Waals surface area contributed by atoms with Gasteiger partial charge >= 0.3 is 0 Å². The van der Waals surface area contributed by atoms with Crippen LogP contribution in [0, 0.1) is 0 Å². The van der Waals surface area contributed by atoms with E-state index in [2.05, 4.69) is 10.3 Å². The van der Waals surface area contributed by atoms with Crippen LogP contribution in [0.15, 0.2) is 18.3 Å². The number of halogens is 1. The third-order valence-electron chi connectivity index (χ3n) is 3.11. The molecule has 1 aliphatic heterocycles. The van der Waals surface area contributed by atoms with Crippen molar-refractivity contribution in [2.75, 3.05) is 13.2 Å². The highest BCUT2D eigenvalue weighted by molar-refractivity contribution is 6.30. The molecule has 5 nitrogen and oxygen atoms in total. The fourth-order valence-corrected chi connectivity index (χ4v) is 2.55. The molecule has 1 aromatic heterocycles. The lowest BCUT2D eigenvalue weighted by Gasteiger charge is -2.08. The summed E-state index contributed by atoms with van der Waals surface area (Å²) in [5, 5.41) is 17.6. The van der Waals surface area contributed by atoms with Gasteiger partial charge in [-0.15, -0.1) is 5.10 Å². The number of hydrogen-bond acceptors (Lipinski definition) is 4. The van der Waals surface area contributed by atoms with Crippen molar-refractivity contribution in [3.63, 3.8) is 0 Å². The lowest BCUT2D eigenvalue weighted by Crippen LogP contribution is -2.02. The van der Waals surface area contributed by atoms with Gasteiger partial charge in [0, 0.05) is 36.2 Å². The molecule has 1 aromatic carbocycles. The minimum atomic E-state index is 0.0777. The smallest absolute Gasteiger partial charge is 0.127 e. The van der Waals surface area contributed by atoms with Crippen molar-refractivity contribution in [1.29, 1.82) is 0 Å². The highest BCUT2D eigenvalue weighted by atomic mass is 35.5. The summed E-state index contributed by atoms with van der Waals surface area (Å²) < 4.78 is 7.39. The zero-order valence-electron chi connectivity index (χ0n) is 10.3. The number of benzene rings is 1. The number of ether oxygens (including phenoxy) is 1. The van der Waals surface area contributed by atoms with Crippen LogP contribution in [0.4, 0.5) is 0 Å². The number of fused-ring (bicyclic) bond motifs is 1. The summed E-state index contributed by atoms with van der Waals surface area (Å²) in [6, 6.07) is 3.85. The Morgan fingerprint density at radius 2 is 2.32 bits per heavy atom. The number of hydrogen-bond donors (Lipinski definition) is 1. The molecular formula is C13H14ClN3O2. The molecule has 0 atom stereocenters. The molecule has 3 rings (SSSR count). The summed E-state index contributed by atoms with van der Waals surface area (Å²) in [5.41, 5.74) is 2.95. The van der Waals surface area contributed by atoms with Gasteiger partial charge in [0.05, 0.1) is 18.8 Å². The van der Waals surface area contributed by atoms with Gasteiger partial charge in [0.1, 0.15) is 5.75 Å². The number of rotatable bonds is 4. The zero-order valence-corrected chi connectivity index (χ0v) is 11.1. The van der Waals surface area contributed by atoms with Crippen LogP contribution in [0.1, 0.15) is 16.8 Å². The van der Waals surface area contributed by atoms with Crippen LogP contribution >= 0.6 is 11.6 Å². The van der Waals surface area contributed by atoms with E-state index in [0.29, 0.717) is 19.6 Å². The van der Waals surface area contributed by atoms with Gasteiger partial charge in [-0.25, -0.2) is 4.68 Å². The van der Waals surface area contributed by atoms with E-state index in [-0.39, 0.29) is 6.61 Å². The summed E-state index contributed by atoms with van der Waals surface area (Å²) in [7, 11) is 0.